The quantitative estimate of drug-likeness (QED) is 0.397. The summed E-state index contributed by atoms with van der Waals surface area (Å²) in [6, 6.07) is 0. The van der Waals surface area contributed by atoms with Gasteiger partial charge in [0.1, 0.15) is 0 Å². The molecule has 172 valence electrons. The molecule has 3 fully saturated rings. The standard InChI is InChI=1S/C29H50O/c1-19(2)20(3)8-9-21(4)25-12-13-26-24-11-10-22-18-23(30-7)14-16-28(22,5)27(24)15-17-29(25,26)6/h10,19-21,23-27H,8-9,11-18H2,1-7H3/t20?,21-,23?,24?,25?,26?,27?,28?,29?/m1/s1. The predicted molar refractivity (Wildman–Crippen MR) is 128 cm³/mol. The summed E-state index contributed by atoms with van der Waals surface area (Å²) in [5.41, 5.74) is 2.83. The maximum absolute atomic E-state index is 5.76. The van der Waals surface area contributed by atoms with E-state index in [4.69, 9.17) is 4.74 Å². The van der Waals surface area contributed by atoms with Crippen LogP contribution in [0.4, 0.5) is 0 Å². The first-order valence-corrected chi connectivity index (χ1v) is 13.4. The van der Waals surface area contributed by atoms with Crippen molar-refractivity contribution < 1.29 is 4.74 Å². The molecule has 1 nitrogen and oxygen atoms in total. The van der Waals surface area contributed by atoms with E-state index in [-0.39, 0.29) is 0 Å². The largest absolute Gasteiger partial charge is 0.381 e. The monoisotopic (exact) mass is 414 g/mol. The van der Waals surface area contributed by atoms with E-state index in [0.29, 0.717) is 16.9 Å². The fourth-order valence-corrected chi connectivity index (χ4v) is 8.86. The molecule has 8 unspecified atom stereocenters. The van der Waals surface area contributed by atoms with Gasteiger partial charge in [0, 0.05) is 7.11 Å². The van der Waals surface area contributed by atoms with Crippen molar-refractivity contribution in [2.45, 2.75) is 112 Å². The highest BCUT2D eigenvalue weighted by atomic mass is 16.5. The van der Waals surface area contributed by atoms with E-state index in [1.807, 2.05) is 7.11 Å². The van der Waals surface area contributed by atoms with Crippen LogP contribution in [0.2, 0.25) is 0 Å². The summed E-state index contributed by atoms with van der Waals surface area (Å²) in [5.74, 6) is 6.42. The first-order chi connectivity index (χ1) is 14.2. The molecule has 30 heavy (non-hydrogen) atoms. The van der Waals surface area contributed by atoms with Crippen LogP contribution in [0.25, 0.3) is 0 Å². The lowest BCUT2D eigenvalue weighted by atomic mass is 9.47. The molecule has 0 spiro atoms. The van der Waals surface area contributed by atoms with Crippen LogP contribution in [0.5, 0.6) is 0 Å². The van der Waals surface area contributed by atoms with Crippen LogP contribution in [0.1, 0.15) is 106 Å². The van der Waals surface area contributed by atoms with Crippen molar-refractivity contribution in [1.29, 1.82) is 0 Å². The van der Waals surface area contributed by atoms with E-state index in [2.05, 4.69) is 47.6 Å². The van der Waals surface area contributed by atoms with Crippen molar-refractivity contribution >= 4 is 0 Å². The number of ether oxygens (including phenoxy) is 1. The van der Waals surface area contributed by atoms with Crippen molar-refractivity contribution in [3.63, 3.8) is 0 Å². The summed E-state index contributed by atoms with van der Waals surface area (Å²) in [7, 11) is 1.91. The summed E-state index contributed by atoms with van der Waals surface area (Å²) in [4.78, 5) is 0. The second-order valence-electron chi connectivity index (χ2n) is 12.9. The molecule has 0 aromatic carbocycles. The Balaban J connectivity index is 1.48. The van der Waals surface area contributed by atoms with Gasteiger partial charge in [0.05, 0.1) is 6.10 Å². The third kappa shape index (κ3) is 3.74. The molecule has 0 amide bonds. The second kappa shape index (κ2) is 8.57. The van der Waals surface area contributed by atoms with Gasteiger partial charge in [-0.1, -0.05) is 66.0 Å². The van der Waals surface area contributed by atoms with E-state index >= 15 is 0 Å². The molecule has 0 radical (unpaired) electrons. The van der Waals surface area contributed by atoms with Gasteiger partial charge in [-0.25, -0.2) is 0 Å². The van der Waals surface area contributed by atoms with Gasteiger partial charge in [0.15, 0.2) is 0 Å². The molecule has 0 heterocycles. The Labute approximate surface area is 187 Å². The molecule has 4 aliphatic rings. The molecule has 0 aliphatic heterocycles. The van der Waals surface area contributed by atoms with Gasteiger partial charge in [-0.3, -0.25) is 0 Å². The Morgan fingerprint density at radius 2 is 1.73 bits per heavy atom. The number of allylic oxidation sites excluding steroid dienone is 1. The van der Waals surface area contributed by atoms with Crippen molar-refractivity contribution in [2.24, 2.45) is 52.3 Å². The van der Waals surface area contributed by atoms with E-state index in [9.17, 15) is 0 Å². The van der Waals surface area contributed by atoms with Crippen molar-refractivity contribution in [1.82, 2.24) is 0 Å². The summed E-state index contributed by atoms with van der Waals surface area (Å²) >= 11 is 0. The summed E-state index contributed by atoms with van der Waals surface area (Å²) < 4.78 is 5.76. The molecule has 3 saturated carbocycles. The topological polar surface area (TPSA) is 9.23 Å². The minimum atomic E-state index is 0.468. The predicted octanol–water partition coefficient (Wildman–Crippen LogP) is 8.29. The molecule has 0 N–H and O–H groups in total. The Morgan fingerprint density at radius 3 is 2.43 bits per heavy atom. The third-order valence-corrected chi connectivity index (χ3v) is 11.4. The van der Waals surface area contributed by atoms with Gasteiger partial charge in [-0.15, -0.1) is 0 Å². The highest BCUT2D eigenvalue weighted by Crippen LogP contribution is 2.67. The lowest BCUT2D eigenvalue weighted by Crippen LogP contribution is -2.51. The van der Waals surface area contributed by atoms with Gasteiger partial charge < -0.3 is 4.74 Å². The molecule has 1 heteroatoms. The lowest BCUT2D eigenvalue weighted by Gasteiger charge is -2.58. The van der Waals surface area contributed by atoms with Crippen LogP contribution in [-0.2, 0) is 4.74 Å². The zero-order chi connectivity index (χ0) is 21.7. The first-order valence-electron chi connectivity index (χ1n) is 13.4. The average molecular weight is 415 g/mol. The number of hydrogen-bond donors (Lipinski definition) is 0. The van der Waals surface area contributed by atoms with Crippen molar-refractivity contribution in [3.05, 3.63) is 11.6 Å². The van der Waals surface area contributed by atoms with E-state index in [1.54, 1.807) is 5.57 Å². The maximum Gasteiger partial charge on any atom is 0.0608 e. The molecule has 0 saturated heterocycles. The van der Waals surface area contributed by atoms with E-state index < -0.39 is 0 Å². The first kappa shape index (κ1) is 22.9. The van der Waals surface area contributed by atoms with Gasteiger partial charge in [-0.05, 0) is 104 Å². The Kier molecular flexibility index (Phi) is 6.53. The van der Waals surface area contributed by atoms with Crippen LogP contribution >= 0.6 is 0 Å². The zero-order valence-electron chi connectivity index (χ0n) is 21.2. The van der Waals surface area contributed by atoms with Crippen molar-refractivity contribution in [2.75, 3.05) is 7.11 Å². The smallest absolute Gasteiger partial charge is 0.0608 e. The highest BCUT2D eigenvalue weighted by molar-refractivity contribution is 5.25. The maximum atomic E-state index is 5.76. The summed E-state index contributed by atoms with van der Waals surface area (Å²) in [6.45, 7) is 15.2. The lowest BCUT2D eigenvalue weighted by molar-refractivity contribution is -0.0603. The Morgan fingerprint density at radius 1 is 0.967 bits per heavy atom. The summed E-state index contributed by atoms with van der Waals surface area (Å²) in [6.07, 6.45) is 17.2. The molecule has 4 rings (SSSR count). The Bertz CT molecular complexity index is 634. The normalized spacial score (nSPS) is 45.3. The zero-order valence-corrected chi connectivity index (χ0v) is 21.2. The van der Waals surface area contributed by atoms with Gasteiger partial charge in [0.2, 0.25) is 0 Å². The molecular weight excluding hydrogens is 364 g/mol. The molecule has 4 aliphatic carbocycles. The Hall–Kier alpha value is -0.300. The molecular formula is C29H50O. The second-order valence-corrected chi connectivity index (χ2v) is 12.9. The van der Waals surface area contributed by atoms with Crippen molar-refractivity contribution in [3.8, 4) is 0 Å². The van der Waals surface area contributed by atoms with Crippen LogP contribution < -0.4 is 0 Å². The third-order valence-electron chi connectivity index (χ3n) is 11.4. The number of methoxy groups -OCH3 is 1. The fourth-order valence-electron chi connectivity index (χ4n) is 8.86. The van der Waals surface area contributed by atoms with Gasteiger partial charge in [0.25, 0.3) is 0 Å². The van der Waals surface area contributed by atoms with E-state index in [0.717, 1.165) is 41.4 Å². The highest BCUT2D eigenvalue weighted by Gasteiger charge is 2.59. The molecule has 0 aromatic heterocycles. The number of fused-ring (bicyclic) bond motifs is 5. The fraction of sp³-hybridized carbons (Fsp3) is 0.931. The minimum absolute atomic E-state index is 0.468. The summed E-state index contributed by atoms with van der Waals surface area (Å²) in [5, 5.41) is 0. The SMILES string of the molecule is COC1CCC2(C)C(=CCC3C2CCC2(C)C3CCC2[C@H](C)CCC(C)C(C)C)C1. The van der Waals surface area contributed by atoms with Gasteiger partial charge >= 0.3 is 0 Å². The molecule has 0 aromatic rings. The minimum Gasteiger partial charge on any atom is -0.381 e. The average Bonchev–Trinajstić information content (AvgIpc) is 3.08. The van der Waals surface area contributed by atoms with Crippen LogP contribution in [0.15, 0.2) is 11.6 Å². The number of hydrogen-bond acceptors (Lipinski definition) is 1. The molecule has 9 atom stereocenters. The van der Waals surface area contributed by atoms with Crippen LogP contribution in [-0.4, -0.2) is 13.2 Å². The molecule has 0 bridgehead atoms. The van der Waals surface area contributed by atoms with Crippen LogP contribution in [0.3, 0.4) is 0 Å². The van der Waals surface area contributed by atoms with Gasteiger partial charge in [-0.2, -0.15) is 0 Å². The van der Waals surface area contributed by atoms with E-state index in [1.165, 1.54) is 64.2 Å². The van der Waals surface area contributed by atoms with Crippen LogP contribution in [0, 0.1) is 52.3 Å². The number of rotatable bonds is 6.